The van der Waals surface area contributed by atoms with Crippen LogP contribution in [0, 0.1) is 13.8 Å². The fourth-order valence-corrected chi connectivity index (χ4v) is 2.63. The number of para-hydroxylation sites is 1. The summed E-state index contributed by atoms with van der Waals surface area (Å²) in [5, 5.41) is 6.19. The largest absolute Gasteiger partial charge is 0.384 e. The molecule has 1 amide bonds. The normalized spacial score (nSPS) is 10.2. The van der Waals surface area contributed by atoms with E-state index in [1.165, 1.54) is 5.56 Å². The van der Waals surface area contributed by atoms with Gasteiger partial charge in [0.2, 0.25) is 5.91 Å². The van der Waals surface area contributed by atoms with Crippen LogP contribution in [0.5, 0.6) is 0 Å². The highest BCUT2D eigenvalue weighted by atomic mass is 79.9. The van der Waals surface area contributed by atoms with Crippen LogP contribution in [-0.4, -0.2) is 12.5 Å². The maximum atomic E-state index is 11.9. The van der Waals surface area contributed by atoms with E-state index < -0.39 is 0 Å². The minimum Gasteiger partial charge on any atom is -0.384 e. The second-order valence-electron chi connectivity index (χ2n) is 5.02. The van der Waals surface area contributed by atoms with Gasteiger partial charge in [0.05, 0.1) is 0 Å². The van der Waals surface area contributed by atoms with E-state index in [1.54, 1.807) is 0 Å². The molecule has 2 aromatic carbocycles. The molecular formula is C17H19BrN2O. The zero-order chi connectivity index (χ0) is 15.2. The molecule has 3 nitrogen and oxygen atoms in total. The Balaban J connectivity index is 1.83. The number of nitrogens with one attached hydrogen (secondary N) is 2. The molecule has 0 bridgehead atoms. The Bertz CT molecular complexity index is 640. The Morgan fingerprint density at radius 2 is 1.86 bits per heavy atom. The molecule has 0 atom stereocenters. The van der Waals surface area contributed by atoms with Gasteiger partial charge in [-0.3, -0.25) is 4.79 Å². The molecule has 0 aromatic heterocycles. The fourth-order valence-electron chi connectivity index (χ4n) is 2.00. The van der Waals surface area contributed by atoms with E-state index in [0.717, 1.165) is 21.4 Å². The Labute approximate surface area is 133 Å². The number of aryl methyl sites for hydroxylation is 2. The lowest BCUT2D eigenvalue weighted by Crippen LogP contribution is -2.16. The standard InChI is InChI=1S/C17H19BrN2O/c1-12-7-8-16(14(18)11-12)19-10-9-17(21)20-15-6-4-3-5-13(15)2/h3-8,11,19H,9-10H2,1-2H3,(H,20,21). The molecule has 4 heteroatoms. The third kappa shape index (κ3) is 4.60. The smallest absolute Gasteiger partial charge is 0.226 e. The van der Waals surface area contributed by atoms with Crippen molar-refractivity contribution in [2.45, 2.75) is 20.3 Å². The average Bonchev–Trinajstić information content (AvgIpc) is 2.44. The van der Waals surface area contributed by atoms with E-state index in [-0.39, 0.29) is 5.91 Å². The Morgan fingerprint density at radius 3 is 2.57 bits per heavy atom. The predicted octanol–water partition coefficient (Wildman–Crippen LogP) is 4.51. The van der Waals surface area contributed by atoms with Gasteiger partial charge < -0.3 is 10.6 Å². The maximum Gasteiger partial charge on any atom is 0.226 e. The zero-order valence-corrected chi connectivity index (χ0v) is 13.8. The molecule has 0 heterocycles. The van der Waals surface area contributed by atoms with Gasteiger partial charge in [-0.1, -0.05) is 24.3 Å². The number of halogens is 1. The fraction of sp³-hybridized carbons (Fsp3) is 0.235. The Morgan fingerprint density at radius 1 is 1.10 bits per heavy atom. The van der Waals surface area contributed by atoms with Crippen molar-refractivity contribution in [2.75, 3.05) is 17.2 Å². The molecule has 21 heavy (non-hydrogen) atoms. The van der Waals surface area contributed by atoms with Gasteiger partial charge in [-0.2, -0.15) is 0 Å². The molecule has 0 aliphatic rings. The SMILES string of the molecule is Cc1ccc(NCCC(=O)Nc2ccccc2C)c(Br)c1. The summed E-state index contributed by atoms with van der Waals surface area (Å²) in [6.07, 6.45) is 0.425. The summed E-state index contributed by atoms with van der Waals surface area (Å²) in [5.74, 6) is 0.0139. The van der Waals surface area contributed by atoms with Crippen LogP contribution >= 0.6 is 15.9 Å². The van der Waals surface area contributed by atoms with Crippen molar-refractivity contribution in [3.05, 3.63) is 58.1 Å². The molecular weight excluding hydrogens is 328 g/mol. The van der Waals surface area contributed by atoms with Crippen molar-refractivity contribution in [1.82, 2.24) is 0 Å². The molecule has 0 radical (unpaired) electrons. The van der Waals surface area contributed by atoms with E-state index in [0.29, 0.717) is 13.0 Å². The monoisotopic (exact) mass is 346 g/mol. The molecule has 2 N–H and O–H groups in total. The lowest BCUT2D eigenvalue weighted by molar-refractivity contribution is -0.115. The number of hydrogen-bond donors (Lipinski definition) is 2. The number of hydrogen-bond acceptors (Lipinski definition) is 2. The second kappa shape index (κ2) is 7.27. The van der Waals surface area contributed by atoms with E-state index >= 15 is 0 Å². The molecule has 110 valence electrons. The topological polar surface area (TPSA) is 41.1 Å². The summed E-state index contributed by atoms with van der Waals surface area (Å²) in [5.41, 5.74) is 4.15. The Hall–Kier alpha value is -1.81. The molecule has 0 saturated heterocycles. The van der Waals surface area contributed by atoms with Crippen molar-refractivity contribution in [3.8, 4) is 0 Å². The molecule has 0 saturated carbocycles. The highest BCUT2D eigenvalue weighted by Gasteiger charge is 2.05. The van der Waals surface area contributed by atoms with Crippen LogP contribution in [0.4, 0.5) is 11.4 Å². The van der Waals surface area contributed by atoms with Crippen molar-refractivity contribution < 1.29 is 4.79 Å². The zero-order valence-electron chi connectivity index (χ0n) is 12.2. The first kappa shape index (κ1) is 15.6. The Kier molecular flexibility index (Phi) is 5.39. The maximum absolute atomic E-state index is 11.9. The van der Waals surface area contributed by atoms with Gasteiger partial charge in [0, 0.05) is 28.8 Å². The number of rotatable bonds is 5. The molecule has 0 fully saturated rings. The van der Waals surface area contributed by atoms with Gasteiger partial charge in [0.15, 0.2) is 0 Å². The van der Waals surface area contributed by atoms with Gasteiger partial charge >= 0.3 is 0 Å². The van der Waals surface area contributed by atoms with Crippen LogP contribution in [0.1, 0.15) is 17.5 Å². The highest BCUT2D eigenvalue weighted by Crippen LogP contribution is 2.23. The van der Waals surface area contributed by atoms with Gasteiger partial charge in [-0.25, -0.2) is 0 Å². The molecule has 2 rings (SSSR count). The number of carbonyl (C=O) groups is 1. The van der Waals surface area contributed by atoms with E-state index in [1.807, 2.05) is 50.2 Å². The number of benzene rings is 2. The van der Waals surface area contributed by atoms with Crippen LogP contribution in [0.3, 0.4) is 0 Å². The first-order valence-electron chi connectivity index (χ1n) is 6.92. The quantitative estimate of drug-likeness (QED) is 0.836. The first-order valence-corrected chi connectivity index (χ1v) is 7.71. The van der Waals surface area contributed by atoms with Gasteiger partial charge in [-0.05, 0) is 59.1 Å². The average molecular weight is 347 g/mol. The number of carbonyl (C=O) groups excluding carboxylic acids is 1. The van der Waals surface area contributed by atoms with Crippen LogP contribution in [-0.2, 0) is 4.79 Å². The van der Waals surface area contributed by atoms with Crippen molar-refractivity contribution in [2.24, 2.45) is 0 Å². The summed E-state index contributed by atoms with van der Waals surface area (Å²) in [7, 11) is 0. The number of anilines is 2. The van der Waals surface area contributed by atoms with Crippen LogP contribution in [0.25, 0.3) is 0 Å². The molecule has 0 aliphatic carbocycles. The van der Waals surface area contributed by atoms with Crippen molar-refractivity contribution >= 4 is 33.2 Å². The minimum absolute atomic E-state index is 0.0139. The summed E-state index contributed by atoms with van der Waals surface area (Å²) in [6, 6.07) is 13.9. The third-order valence-electron chi connectivity index (χ3n) is 3.21. The van der Waals surface area contributed by atoms with Gasteiger partial charge in [-0.15, -0.1) is 0 Å². The van der Waals surface area contributed by atoms with Gasteiger partial charge in [0.25, 0.3) is 0 Å². The van der Waals surface area contributed by atoms with E-state index in [9.17, 15) is 4.79 Å². The predicted molar refractivity (Wildman–Crippen MR) is 91.8 cm³/mol. The summed E-state index contributed by atoms with van der Waals surface area (Å²) in [4.78, 5) is 11.9. The molecule has 0 aliphatic heterocycles. The number of amides is 1. The molecule has 0 unspecified atom stereocenters. The van der Waals surface area contributed by atoms with Crippen LogP contribution in [0.15, 0.2) is 46.9 Å². The van der Waals surface area contributed by atoms with Crippen LogP contribution < -0.4 is 10.6 Å². The third-order valence-corrected chi connectivity index (χ3v) is 3.87. The van der Waals surface area contributed by atoms with Crippen molar-refractivity contribution in [1.29, 1.82) is 0 Å². The molecule has 0 spiro atoms. The summed E-state index contributed by atoms with van der Waals surface area (Å²) >= 11 is 3.51. The second-order valence-corrected chi connectivity index (χ2v) is 5.88. The van der Waals surface area contributed by atoms with Gasteiger partial charge in [0.1, 0.15) is 0 Å². The minimum atomic E-state index is 0.0139. The summed E-state index contributed by atoms with van der Waals surface area (Å²) in [6.45, 7) is 4.63. The van der Waals surface area contributed by atoms with E-state index in [4.69, 9.17) is 0 Å². The summed E-state index contributed by atoms with van der Waals surface area (Å²) < 4.78 is 1.02. The first-order chi connectivity index (χ1) is 10.1. The lowest BCUT2D eigenvalue weighted by Gasteiger charge is -2.10. The van der Waals surface area contributed by atoms with Crippen LogP contribution in [0.2, 0.25) is 0 Å². The highest BCUT2D eigenvalue weighted by molar-refractivity contribution is 9.10. The van der Waals surface area contributed by atoms with E-state index in [2.05, 4.69) is 32.6 Å². The van der Waals surface area contributed by atoms with Crippen molar-refractivity contribution in [3.63, 3.8) is 0 Å². The lowest BCUT2D eigenvalue weighted by atomic mass is 10.2. The molecule has 2 aromatic rings.